The summed E-state index contributed by atoms with van der Waals surface area (Å²) in [6, 6.07) is 0. The SMILES string of the molecule is CC(C)(C)Nc1nc(=S)[nH]c2c1CNCC2. The fourth-order valence-electron chi connectivity index (χ4n) is 1.83. The van der Waals surface area contributed by atoms with E-state index < -0.39 is 0 Å². The first-order chi connectivity index (χ1) is 7.46. The van der Waals surface area contributed by atoms with Crippen molar-refractivity contribution in [3.05, 3.63) is 16.0 Å². The van der Waals surface area contributed by atoms with Crippen molar-refractivity contribution in [1.29, 1.82) is 0 Å². The second-order valence-electron chi connectivity index (χ2n) is 5.15. The van der Waals surface area contributed by atoms with E-state index >= 15 is 0 Å². The van der Waals surface area contributed by atoms with Crippen LogP contribution in [0.2, 0.25) is 0 Å². The van der Waals surface area contributed by atoms with Gasteiger partial charge in [0.05, 0.1) is 0 Å². The molecule has 5 heteroatoms. The molecule has 2 rings (SSSR count). The first-order valence-corrected chi connectivity index (χ1v) is 5.97. The second kappa shape index (κ2) is 4.14. The summed E-state index contributed by atoms with van der Waals surface area (Å²) >= 11 is 5.15. The molecule has 0 aromatic carbocycles. The number of hydrogen-bond donors (Lipinski definition) is 3. The summed E-state index contributed by atoms with van der Waals surface area (Å²) in [7, 11) is 0. The van der Waals surface area contributed by atoms with Gasteiger partial charge in [0.15, 0.2) is 4.77 Å². The van der Waals surface area contributed by atoms with Gasteiger partial charge in [0, 0.05) is 36.3 Å². The lowest BCUT2D eigenvalue weighted by Gasteiger charge is -2.26. The van der Waals surface area contributed by atoms with Gasteiger partial charge in [-0.3, -0.25) is 0 Å². The van der Waals surface area contributed by atoms with Crippen LogP contribution in [0.4, 0.5) is 5.82 Å². The summed E-state index contributed by atoms with van der Waals surface area (Å²) in [6.07, 6.45) is 0.986. The molecule has 0 radical (unpaired) electrons. The maximum atomic E-state index is 5.15. The first-order valence-electron chi connectivity index (χ1n) is 5.57. The summed E-state index contributed by atoms with van der Waals surface area (Å²) in [5.74, 6) is 0.915. The minimum absolute atomic E-state index is 0.00133. The van der Waals surface area contributed by atoms with Crippen LogP contribution in [0.5, 0.6) is 0 Å². The Labute approximate surface area is 101 Å². The van der Waals surface area contributed by atoms with Crippen molar-refractivity contribution < 1.29 is 0 Å². The number of nitrogens with zero attached hydrogens (tertiary/aromatic N) is 1. The zero-order valence-electron chi connectivity index (χ0n) is 9.98. The highest BCUT2D eigenvalue weighted by Gasteiger charge is 2.18. The van der Waals surface area contributed by atoms with E-state index in [-0.39, 0.29) is 5.54 Å². The Morgan fingerprint density at radius 1 is 1.38 bits per heavy atom. The zero-order chi connectivity index (χ0) is 11.8. The molecule has 0 amide bonds. The molecule has 4 nitrogen and oxygen atoms in total. The highest BCUT2D eigenvalue weighted by Crippen LogP contribution is 2.21. The molecule has 1 aromatic heterocycles. The van der Waals surface area contributed by atoms with Crippen LogP contribution < -0.4 is 10.6 Å². The number of hydrogen-bond acceptors (Lipinski definition) is 4. The van der Waals surface area contributed by atoms with Crippen molar-refractivity contribution in [3.63, 3.8) is 0 Å². The van der Waals surface area contributed by atoms with Crippen LogP contribution in [0, 0.1) is 4.77 Å². The van der Waals surface area contributed by atoms with Gasteiger partial charge in [-0.2, -0.15) is 0 Å². The quantitative estimate of drug-likeness (QED) is 0.655. The van der Waals surface area contributed by atoms with Gasteiger partial charge < -0.3 is 15.6 Å². The van der Waals surface area contributed by atoms with Gasteiger partial charge in [-0.1, -0.05) is 0 Å². The van der Waals surface area contributed by atoms with E-state index in [9.17, 15) is 0 Å². The lowest BCUT2D eigenvalue weighted by Crippen LogP contribution is -2.31. The molecule has 2 heterocycles. The van der Waals surface area contributed by atoms with Gasteiger partial charge in [-0.15, -0.1) is 0 Å². The molecule has 3 N–H and O–H groups in total. The molecule has 0 atom stereocenters. The van der Waals surface area contributed by atoms with E-state index in [0.29, 0.717) is 4.77 Å². The molecule has 0 spiro atoms. The summed E-state index contributed by atoms with van der Waals surface area (Å²) in [5, 5.41) is 6.76. The van der Waals surface area contributed by atoms with Crippen LogP contribution in [0.15, 0.2) is 0 Å². The highest BCUT2D eigenvalue weighted by molar-refractivity contribution is 7.71. The molecule has 16 heavy (non-hydrogen) atoms. The van der Waals surface area contributed by atoms with Crippen LogP contribution in [-0.2, 0) is 13.0 Å². The number of anilines is 1. The van der Waals surface area contributed by atoms with Gasteiger partial charge >= 0.3 is 0 Å². The van der Waals surface area contributed by atoms with E-state index in [0.717, 1.165) is 25.3 Å². The third kappa shape index (κ3) is 2.59. The number of nitrogens with one attached hydrogen (secondary N) is 3. The number of aromatic nitrogens is 2. The zero-order valence-corrected chi connectivity index (χ0v) is 10.8. The Morgan fingerprint density at radius 3 is 2.81 bits per heavy atom. The van der Waals surface area contributed by atoms with Crippen molar-refractivity contribution in [2.45, 2.75) is 39.3 Å². The molecule has 1 aliphatic rings. The van der Waals surface area contributed by atoms with Crippen molar-refractivity contribution in [1.82, 2.24) is 15.3 Å². The fraction of sp³-hybridized carbons (Fsp3) is 0.636. The lowest BCUT2D eigenvalue weighted by atomic mass is 10.1. The van der Waals surface area contributed by atoms with E-state index in [4.69, 9.17) is 12.2 Å². The minimum atomic E-state index is 0.00133. The summed E-state index contributed by atoms with van der Waals surface area (Å²) in [6.45, 7) is 8.22. The van der Waals surface area contributed by atoms with Crippen molar-refractivity contribution in [2.75, 3.05) is 11.9 Å². The van der Waals surface area contributed by atoms with Crippen molar-refractivity contribution in [3.8, 4) is 0 Å². The van der Waals surface area contributed by atoms with E-state index in [1.165, 1.54) is 11.3 Å². The summed E-state index contributed by atoms with van der Waals surface area (Å²) in [4.78, 5) is 7.56. The van der Waals surface area contributed by atoms with Crippen molar-refractivity contribution in [2.24, 2.45) is 0 Å². The molecule has 1 aromatic rings. The Morgan fingerprint density at radius 2 is 2.12 bits per heavy atom. The van der Waals surface area contributed by atoms with Crippen LogP contribution in [-0.4, -0.2) is 22.1 Å². The van der Waals surface area contributed by atoms with Gasteiger partial charge in [0.2, 0.25) is 0 Å². The number of aromatic amines is 1. The fourth-order valence-corrected chi connectivity index (χ4v) is 2.05. The van der Waals surface area contributed by atoms with E-state index in [1.54, 1.807) is 0 Å². The molecular formula is C11H18N4S. The first kappa shape index (κ1) is 11.5. The van der Waals surface area contributed by atoms with E-state index in [1.807, 2.05) is 0 Å². The average molecular weight is 238 g/mol. The van der Waals surface area contributed by atoms with Crippen LogP contribution in [0.1, 0.15) is 32.0 Å². The van der Waals surface area contributed by atoms with Crippen LogP contribution in [0.25, 0.3) is 0 Å². The van der Waals surface area contributed by atoms with Gasteiger partial charge in [0.1, 0.15) is 5.82 Å². The third-order valence-corrected chi connectivity index (χ3v) is 2.66. The Kier molecular flexibility index (Phi) is 2.99. The maximum Gasteiger partial charge on any atom is 0.198 e. The number of fused-ring (bicyclic) bond motifs is 1. The average Bonchev–Trinajstić information content (AvgIpc) is 2.14. The normalized spacial score (nSPS) is 15.7. The van der Waals surface area contributed by atoms with Gasteiger partial charge in [-0.05, 0) is 33.0 Å². The predicted octanol–water partition coefficient (Wildman–Crippen LogP) is 2.00. The molecule has 88 valence electrons. The molecule has 0 fully saturated rings. The molecule has 0 unspecified atom stereocenters. The smallest absolute Gasteiger partial charge is 0.198 e. The number of H-pyrrole nitrogens is 1. The largest absolute Gasteiger partial charge is 0.365 e. The molecule has 0 saturated carbocycles. The third-order valence-electron chi connectivity index (χ3n) is 2.47. The Bertz CT molecular complexity index is 444. The van der Waals surface area contributed by atoms with Crippen LogP contribution >= 0.6 is 12.2 Å². The van der Waals surface area contributed by atoms with Crippen molar-refractivity contribution >= 4 is 18.0 Å². The standard InChI is InChI=1S/C11H18N4S/c1-11(2,3)15-9-7-6-12-5-4-8(7)13-10(16)14-9/h12H,4-6H2,1-3H3,(H2,13,14,15,16). The maximum absolute atomic E-state index is 5.15. The monoisotopic (exact) mass is 238 g/mol. The lowest BCUT2D eigenvalue weighted by molar-refractivity contribution is 0.604. The highest BCUT2D eigenvalue weighted by atomic mass is 32.1. The molecule has 0 bridgehead atoms. The predicted molar refractivity (Wildman–Crippen MR) is 68.2 cm³/mol. The van der Waals surface area contributed by atoms with Gasteiger partial charge in [-0.25, -0.2) is 4.98 Å². The second-order valence-corrected chi connectivity index (χ2v) is 5.54. The number of rotatable bonds is 1. The summed E-state index contributed by atoms with van der Waals surface area (Å²) in [5.41, 5.74) is 2.43. The van der Waals surface area contributed by atoms with Gasteiger partial charge in [0.25, 0.3) is 0 Å². The molecule has 0 saturated heterocycles. The Hall–Kier alpha value is -0.940. The summed E-state index contributed by atoms with van der Waals surface area (Å²) < 4.78 is 0.562. The Balaban J connectivity index is 2.43. The molecule has 1 aliphatic heterocycles. The topological polar surface area (TPSA) is 52.7 Å². The van der Waals surface area contributed by atoms with Crippen LogP contribution in [0.3, 0.4) is 0 Å². The molecule has 0 aliphatic carbocycles. The molecular weight excluding hydrogens is 220 g/mol. The minimum Gasteiger partial charge on any atom is -0.365 e. The van der Waals surface area contributed by atoms with E-state index in [2.05, 4.69) is 41.4 Å².